The lowest BCUT2D eigenvalue weighted by Crippen LogP contribution is -2.29. The minimum atomic E-state index is 0.958. The summed E-state index contributed by atoms with van der Waals surface area (Å²) in [6, 6.07) is 8.42. The predicted octanol–water partition coefficient (Wildman–Crippen LogP) is 0.736. The van der Waals surface area contributed by atoms with Gasteiger partial charge in [-0.2, -0.15) is 0 Å². The number of nitrogens with zero attached hydrogens (tertiary/aromatic N) is 3. The number of fused-ring (bicyclic) bond motifs is 3. The van der Waals surface area contributed by atoms with Crippen molar-refractivity contribution < 1.29 is 4.57 Å². The van der Waals surface area contributed by atoms with Crippen LogP contribution in [0.5, 0.6) is 0 Å². The molecule has 0 fully saturated rings. The molecule has 0 saturated heterocycles. The minimum absolute atomic E-state index is 0.958. The maximum atomic E-state index is 4.41. The molecule has 0 saturated carbocycles. The zero-order valence-electron chi connectivity index (χ0n) is 7.44. The third-order valence-electron chi connectivity index (χ3n) is 2.43. The lowest BCUT2D eigenvalue weighted by Gasteiger charge is -1.91. The highest BCUT2D eigenvalue weighted by molar-refractivity contribution is 5.59. The summed E-state index contributed by atoms with van der Waals surface area (Å²) in [5.74, 6) is 1.08. The molecule has 0 N–H and O–H groups in total. The Hall–Kier alpha value is -1.64. The van der Waals surface area contributed by atoms with Crippen LogP contribution in [-0.2, 0) is 13.6 Å². The lowest BCUT2D eigenvalue weighted by molar-refractivity contribution is -0.672. The molecule has 3 rings (SSSR count). The summed E-state index contributed by atoms with van der Waals surface area (Å²) in [7, 11) is 1.95. The van der Waals surface area contributed by atoms with Crippen LogP contribution >= 0.6 is 0 Å². The molecule has 13 heavy (non-hydrogen) atoms. The van der Waals surface area contributed by atoms with Crippen LogP contribution in [0.2, 0.25) is 0 Å². The zero-order chi connectivity index (χ0) is 8.84. The first kappa shape index (κ1) is 6.83. The van der Waals surface area contributed by atoms with Crippen molar-refractivity contribution in [2.75, 3.05) is 0 Å². The van der Waals surface area contributed by atoms with E-state index in [0.29, 0.717) is 0 Å². The van der Waals surface area contributed by atoms with Crippen molar-refractivity contribution in [2.45, 2.75) is 6.54 Å². The van der Waals surface area contributed by atoms with Crippen LogP contribution in [-0.4, -0.2) is 9.78 Å². The molecule has 0 amide bonds. The lowest BCUT2D eigenvalue weighted by atomic mass is 10.1. The van der Waals surface area contributed by atoms with Crippen molar-refractivity contribution in [2.24, 2.45) is 7.05 Å². The summed E-state index contributed by atoms with van der Waals surface area (Å²) >= 11 is 0. The highest BCUT2D eigenvalue weighted by Gasteiger charge is 2.26. The molecular formula is C10H10N3+. The number of hydrogen-bond acceptors (Lipinski definition) is 1. The van der Waals surface area contributed by atoms with Gasteiger partial charge in [-0.05, 0) is 6.07 Å². The van der Waals surface area contributed by atoms with Gasteiger partial charge in [0.25, 0.3) is 0 Å². The average molecular weight is 172 g/mol. The molecule has 0 unspecified atom stereocenters. The molecule has 0 atom stereocenters. The molecular weight excluding hydrogens is 162 g/mol. The van der Waals surface area contributed by atoms with Crippen molar-refractivity contribution in [3.8, 4) is 11.4 Å². The van der Waals surface area contributed by atoms with Gasteiger partial charge in [-0.15, -0.1) is 4.68 Å². The average Bonchev–Trinajstić information content (AvgIpc) is 2.60. The molecule has 2 aromatic rings. The Morgan fingerprint density at radius 1 is 1.38 bits per heavy atom. The van der Waals surface area contributed by atoms with E-state index in [2.05, 4.69) is 33.9 Å². The first-order chi connectivity index (χ1) is 6.34. The molecule has 3 heteroatoms. The van der Waals surface area contributed by atoms with Crippen molar-refractivity contribution in [3.63, 3.8) is 0 Å². The molecule has 1 aliphatic rings. The Morgan fingerprint density at radius 2 is 2.23 bits per heavy atom. The highest BCUT2D eigenvalue weighted by atomic mass is 15.4. The van der Waals surface area contributed by atoms with E-state index in [-0.39, 0.29) is 0 Å². The van der Waals surface area contributed by atoms with E-state index >= 15 is 0 Å². The van der Waals surface area contributed by atoms with Crippen LogP contribution in [0.1, 0.15) is 5.56 Å². The van der Waals surface area contributed by atoms with Gasteiger partial charge in [-0.1, -0.05) is 18.2 Å². The second-order valence-corrected chi connectivity index (χ2v) is 3.40. The molecule has 64 valence electrons. The molecule has 2 heterocycles. The summed E-state index contributed by atoms with van der Waals surface area (Å²) in [6.07, 6.45) is 2.02. The number of hydrogen-bond donors (Lipinski definition) is 0. The first-order valence-corrected chi connectivity index (χ1v) is 4.36. The van der Waals surface area contributed by atoms with Crippen LogP contribution < -0.4 is 4.57 Å². The second-order valence-electron chi connectivity index (χ2n) is 3.40. The highest BCUT2D eigenvalue weighted by Crippen LogP contribution is 2.23. The topological polar surface area (TPSA) is 21.7 Å². The first-order valence-electron chi connectivity index (χ1n) is 4.36. The zero-order valence-corrected chi connectivity index (χ0v) is 7.44. The molecule has 3 nitrogen and oxygen atoms in total. The number of rotatable bonds is 0. The van der Waals surface area contributed by atoms with Crippen molar-refractivity contribution in [3.05, 3.63) is 36.2 Å². The van der Waals surface area contributed by atoms with Crippen LogP contribution in [0.4, 0.5) is 0 Å². The van der Waals surface area contributed by atoms with Gasteiger partial charge in [0, 0.05) is 10.7 Å². The van der Waals surface area contributed by atoms with Gasteiger partial charge in [-0.3, -0.25) is 0 Å². The summed E-state index contributed by atoms with van der Waals surface area (Å²) in [5, 5.41) is 4.41. The fraction of sp³-hybridized carbons (Fsp3) is 0.200. The van der Waals surface area contributed by atoms with Crippen LogP contribution in [0.25, 0.3) is 11.4 Å². The Balaban J connectivity index is 2.30. The van der Waals surface area contributed by atoms with E-state index < -0.39 is 0 Å². The van der Waals surface area contributed by atoms with Crippen LogP contribution in [0.15, 0.2) is 30.6 Å². The van der Waals surface area contributed by atoms with Gasteiger partial charge >= 0.3 is 5.82 Å². The molecule has 0 bridgehead atoms. The summed E-state index contributed by atoms with van der Waals surface area (Å²) in [5.41, 5.74) is 2.63. The van der Waals surface area contributed by atoms with E-state index in [4.69, 9.17) is 0 Å². The third kappa shape index (κ3) is 0.840. The van der Waals surface area contributed by atoms with E-state index in [9.17, 15) is 0 Å². The second kappa shape index (κ2) is 2.19. The van der Waals surface area contributed by atoms with E-state index in [1.165, 1.54) is 11.1 Å². The monoisotopic (exact) mass is 172 g/mol. The molecule has 0 spiro atoms. The fourth-order valence-corrected chi connectivity index (χ4v) is 1.87. The van der Waals surface area contributed by atoms with Gasteiger partial charge in [0.2, 0.25) is 6.33 Å². The van der Waals surface area contributed by atoms with Crippen molar-refractivity contribution in [1.29, 1.82) is 0 Å². The summed E-state index contributed by atoms with van der Waals surface area (Å²) in [6.45, 7) is 0.958. The SMILES string of the molecule is Cn1c[n+]2c(n1)-c1ccccc1C2. The minimum Gasteiger partial charge on any atom is -0.226 e. The number of aromatic nitrogens is 3. The fourth-order valence-electron chi connectivity index (χ4n) is 1.87. The maximum Gasteiger partial charge on any atom is 0.309 e. The standard InChI is InChI=1S/C10H10N3/c1-12-7-13-6-8-4-2-3-5-9(8)10(13)11-12/h2-5,7H,6H2,1H3/q+1. The van der Waals surface area contributed by atoms with Gasteiger partial charge in [0.1, 0.15) is 0 Å². The molecule has 1 aliphatic heterocycles. The van der Waals surface area contributed by atoms with Crippen molar-refractivity contribution in [1.82, 2.24) is 9.78 Å². The van der Waals surface area contributed by atoms with E-state index in [1.54, 1.807) is 0 Å². The maximum absolute atomic E-state index is 4.41. The third-order valence-corrected chi connectivity index (χ3v) is 2.43. The Kier molecular flexibility index (Phi) is 1.15. The Bertz CT molecular complexity index is 471. The molecule has 1 aromatic carbocycles. The van der Waals surface area contributed by atoms with Crippen molar-refractivity contribution >= 4 is 0 Å². The van der Waals surface area contributed by atoms with Gasteiger partial charge in [0.05, 0.1) is 19.2 Å². The smallest absolute Gasteiger partial charge is 0.226 e. The number of aryl methyl sites for hydroxylation is 1. The largest absolute Gasteiger partial charge is 0.309 e. The molecule has 0 aliphatic carbocycles. The van der Waals surface area contributed by atoms with E-state index in [0.717, 1.165) is 12.4 Å². The summed E-state index contributed by atoms with van der Waals surface area (Å²) < 4.78 is 4.02. The van der Waals surface area contributed by atoms with Crippen LogP contribution in [0.3, 0.4) is 0 Å². The van der Waals surface area contributed by atoms with Gasteiger partial charge in [0.15, 0.2) is 0 Å². The molecule has 1 aromatic heterocycles. The van der Waals surface area contributed by atoms with Gasteiger partial charge < -0.3 is 0 Å². The molecule has 0 radical (unpaired) electrons. The van der Waals surface area contributed by atoms with E-state index in [1.807, 2.05) is 18.1 Å². The Morgan fingerprint density at radius 3 is 3.15 bits per heavy atom. The Labute approximate surface area is 76.2 Å². The van der Waals surface area contributed by atoms with Gasteiger partial charge in [-0.25, -0.2) is 4.57 Å². The number of benzene rings is 1. The summed E-state index contributed by atoms with van der Waals surface area (Å²) in [4.78, 5) is 0. The quantitative estimate of drug-likeness (QED) is 0.458. The van der Waals surface area contributed by atoms with Crippen LogP contribution in [0, 0.1) is 0 Å². The predicted molar refractivity (Wildman–Crippen MR) is 47.9 cm³/mol. The normalized spacial score (nSPS) is 12.7.